The van der Waals surface area contributed by atoms with Crippen LogP contribution in [0.3, 0.4) is 0 Å². The third kappa shape index (κ3) is 2.26. The quantitative estimate of drug-likeness (QED) is 0.511. The maximum Gasteiger partial charge on any atom is 0.178 e. The van der Waals surface area contributed by atoms with Crippen LogP contribution in [-0.4, -0.2) is 14.5 Å². The first kappa shape index (κ1) is 13.7. The minimum Gasteiger partial charge on any atom is -0.331 e. The number of nitrogens with zero attached hydrogens (tertiary/aromatic N) is 2. The van der Waals surface area contributed by atoms with Gasteiger partial charge in [-0.3, -0.25) is 4.98 Å². The average Bonchev–Trinajstić information content (AvgIpc) is 2.75. The van der Waals surface area contributed by atoms with Gasteiger partial charge in [-0.15, -0.1) is 0 Å². The Balaban J connectivity index is 2.24. The van der Waals surface area contributed by atoms with Crippen LogP contribution in [0.2, 0.25) is 0 Å². The van der Waals surface area contributed by atoms with E-state index in [2.05, 4.69) is 9.97 Å². The van der Waals surface area contributed by atoms with Gasteiger partial charge >= 0.3 is 0 Å². The second kappa shape index (κ2) is 5.25. The molecule has 0 radical (unpaired) electrons. The third-order valence-electron chi connectivity index (χ3n) is 3.33. The smallest absolute Gasteiger partial charge is 0.178 e. The van der Waals surface area contributed by atoms with Gasteiger partial charge in [0.2, 0.25) is 0 Å². The average molecular weight is 399 g/mol. The van der Waals surface area contributed by atoms with Gasteiger partial charge in [-0.05, 0) is 65.5 Å². The van der Waals surface area contributed by atoms with E-state index in [1.807, 2.05) is 46.2 Å². The Morgan fingerprint density at radius 3 is 2.75 bits per heavy atom. The maximum atomic E-state index is 13.8. The van der Waals surface area contributed by atoms with Gasteiger partial charge in [0.05, 0.1) is 20.6 Å². The lowest BCUT2D eigenvalue weighted by molar-refractivity contribution is 0.616. The molecule has 0 fully saturated rings. The van der Waals surface area contributed by atoms with Gasteiger partial charge in [-0.1, -0.05) is 0 Å². The topological polar surface area (TPSA) is 33.6 Å². The molecule has 1 N–H and O–H groups in total. The standard InChI is InChI=1S/C14H11FIN3S/c1-8(9-2-4-17-5-3-9)19-13-6-10(15)11(16)7-12(13)18-14(19)20/h2-8H,1H3,(H,18,20). The fourth-order valence-electron chi connectivity index (χ4n) is 2.30. The lowest BCUT2D eigenvalue weighted by Gasteiger charge is -2.15. The van der Waals surface area contributed by atoms with Crippen molar-refractivity contribution in [2.75, 3.05) is 0 Å². The highest BCUT2D eigenvalue weighted by atomic mass is 127. The van der Waals surface area contributed by atoms with Gasteiger partial charge in [-0.25, -0.2) is 4.39 Å². The molecular weight excluding hydrogens is 388 g/mol. The molecule has 2 aromatic heterocycles. The molecule has 1 aromatic carbocycles. The van der Waals surface area contributed by atoms with Crippen molar-refractivity contribution in [3.8, 4) is 0 Å². The Labute approximate surface area is 134 Å². The lowest BCUT2D eigenvalue weighted by Crippen LogP contribution is -2.07. The molecule has 0 saturated heterocycles. The fourth-order valence-corrected chi connectivity index (χ4v) is 3.13. The predicted molar refractivity (Wildman–Crippen MR) is 87.8 cm³/mol. The normalized spacial score (nSPS) is 12.8. The van der Waals surface area contributed by atoms with Gasteiger partial charge in [0.1, 0.15) is 5.82 Å². The molecule has 0 aliphatic rings. The van der Waals surface area contributed by atoms with Crippen molar-refractivity contribution in [2.45, 2.75) is 13.0 Å². The Morgan fingerprint density at radius 2 is 2.05 bits per heavy atom. The maximum absolute atomic E-state index is 13.8. The highest BCUT2D eigenvalue weighted by Crippen LogP contribution is 2.26. The van der Waals surface area contributed by atoms with Gasteiger partial charge in [0, 0.05) is 18.5 Å². The van der Waals surface area contributed by atoms with Crippen LogP contribution in [0.15, 0.2) is 36.7 Å². The highest BCUT2D eigenvalue weighted by Gasteiger charge is 2.14. The molecule has 0 spiro atoms. The summed E-state index contributed by atoms with van der Waals surface area (Å²) in [5, 5.41) is 0. The number of aromatic nitrogens is 3. The second-order valence-corrected chi connectivity index (χ2v) is 6.09. The van der Waals surface area contributed by atoms with E-state index in [4.69, 9.17) is 12.2 Å². The summed E-state index contributed by atoms with van der Waals surface area (Å²) < 4.78 is 16.9. The van der Waals surface area contributed by atoms with Gasteiger partial charge in [0.15, 0.2) is 4.77 Å². The SMILES string of the molecule is CC(c1ccncc1)n1c(=S)[nH]c2cc(I)c(F)cc21. The number of hydrogen-bond acceptors (Lipinski definition) is 2. The number of imidazole rings is 1. The van der Waals surface area contributed by atoms with Crippen LogP contribution in [0.5, 0.6) is 0 Å². The molecule has 3 nitrogen and oxygen atoms in total. The molecule has 0 amide bonds. The number of nitrogens with one attached hydrogen (secondary N) is 1. The summed E-state index contributed by atoms with van der Waals surface area (Å²) in [7, 11) is 0. The number of benzene rings is 1. The Bertz CT molecular complexity index is 826. The molecule has 3 aromatic rings. The van der Waals surface area contributed by atoms with E-state index in [1.165, 1.54) is 6.07 Å². The predicted octanol–water partition coefficient (Wildman–Crippen LogP) is 4.45. The van der Waals surface area contributed by atoms with Crippen LogP contribution < -0.4 is 0 Å². The second-order valence-electron chi connectivity index (χ2n) is 4.54. The molecular formula is C14H11FIN3S. The first-order valence-electron chi connectivity index (χ1n) is 6.07. The van der Waals surface area contributed by atoms with Gasteiger partial charge in [-0.2, -0.15) is 0 Å². The molecule has 0 bridgehead atoms. The summed E-state index contributed by atoms with van der Waals surface area (Å²) in [5.41, 5.74) is 2.70. The summed E-state index contributed by atoms with van der Waals surface area (Å²) in [5.74, 6) is -0.234. The summed E-state index contributed by atoms with van der Waals surface area (Å²) in [6, 6.07) is 7.19. The molecule has 0 saturated carbocycles. The van der Waals surface area contributed by atoms with Crippen molar-refractivity contribution >= 4 is 45.8 Å². The first-order valence-corrected chi connectivity index (χ1v) is 7.56. The Kier molecular flexibility index (Phi) is 3.59. The van der Waals surface area contributed by atoms with Crippen LogP contribution in [0.25, 0.3) is 11.0 Å². The van der Waals surface area contributed by atoms with Crippen molar-refractivity contribution in [3.05, 3.63) is 56.4 Å². The molecule has 1 unspecified atom stereocenters. The Morgan fingerprint density at radius 1 is 1.35 bits per heavy atom. The number of H-pyrrole nitrogens is 1. The van der Waals surface area contributed by atoms with Crippen molar-refractivity contribution in [1.82, 2.24) is 14.5 Å². The van der Waals surface area contributed by atoms with Gasteiger partial charge in [0.25, 0.3) is 0 Å². The summed E-state index contributed by atoms with van der Waals surface area (Å²) in [6.45, 7) is 2.04. The van der Waals surface area contributed by atoms with E-state index in [0.717, 1.165) is 16.6 Å². The molecule has 20 heavy (non-hydrogen) atoms. The molecule has 0 aliphatic heterocycles. The number of aromatic amines is 1. The molecule has 102 valence electrons. The Hall–Kier alpha value is -1.28. The van der Waals surface area contributed by atoms with Crippen molar-refractivity contribution in [2.24, 2.45) is 0 Å². The zero-order valence-corrected chi connectivity index (χ0v) is 13.6. The number of halogens is 2. The monoisotopic (exact) mass is 399 g/mol. The zero-order chi connectivity index (χ0) is 14.3. The van der Waals surface area contributed by atoms with E-state index in [1.54, 1.807) is 18.5 Å². The summed E-state index contributed by atoms with van der Waals surface area (Å²) >= 11 is 7.36. The molecule has 1 atom stereocenters. The van der Waals surface area contributed by atoms with Crippen molar-refractivity contribution in [3.63, 3.8) is 0 Å². The molecule has 6 heteroatoms. The lowest BCUT2D eigenvalue weighted by atomic mass is 10.1. The number of pyridine rings is 1. The minimum atomic E-state index is -0.234. The van der Waals surface area contributed by atoms with Crippen molar-refractivity contribution in [1.29, 1.82) is 0 Å². The van der Waals surface area contributed by atoms with Crippen LogP contribution in [0, 0.1) is 14.2 Å². The number of rotatable bonds is 2. The van der Waals surface area contributed by atoms with E-state index in [0.29, 0.717) is 8.34 Å². The highest BCUT2D eigenvalue weighted by molar-refractivity contribution is 14.1. The van der Waals surface area contributed by atoms with Crippen LogP contribution in [0.1, 0.15) is 18.5 Å². The molecule has 3 rings (SSSR count). The third-order valence-corrected chi connectivity index (χ3v) is 4.46. The van der Waals surface area contributed by atoms with E-state index < -0.39 is 0 Å². The van der Waals surface area contributed by atoms with E-state index >= 15 is 0 Å². The summed E-state index contributed by atoms with van der Waals surface area (Å²) in [6.07, 6.45) is 3.49. The number of hydrogen-bond donors (Lipinski definition) is 1. The van der Waals surface area contributed by atoms with Crippen LogP contribution >= 0.6 is 34.8 Å². The van der Waals surface area contributed by atoms with Gasteiger partial charge < -0.3 is 9.55 Å². The van der Waals surface area contributed by atoms with E-state index in [-0.39, 0.29) is 11.9 Å². The molecule has 2 heterocycles. The van der Waals surface area contributed by atoms with Crippen LogP contribution in [-0.2, 0) is 0 Å². The number of fused-ring (bicyclic) bond motifs is 1. The van der Waals surface area contributed by atoms with Crippen molar-refractivity contribution < 1.29 is 4.39 Å². The first-order chi connectivity index (χ1) is 9.58. The summed E-state index contributed by atoms with van der Waals surface area (Å²) in [4.78, 5) is 7.15. The van der Waals surface area contributed by atoms with E-state index in [9.17, 15) is 4.39 Å². The fraction of sp³-hybridized carbons (Fsp3) is 0.143. The minimum absolute atomic E-state index is 0.0127. The van der Waals surface area contributed by atoms with Crippen LogP contribution in [0.4, 0.5) is 4.39 Å². The zero-order valence-electron chi connectivity index (χ0n) is 10.6. The molecule has 0 aliphatic carbocycles. The largest absolute Gasteiger partial charge is 0.331 e.